The number of benzene rings is 1. The molecule has 108 valence electrons. The summed E-state index contributed by atoms with van der Waals surface area (Å²) < 4.78 is 0. The molecule has 1 saturated carbocycles. The molecule has 21 heavy (non-hydrogen) atoms. The van der Waals surface area contributed by atoms with Crippen LogP contribution in [0.3, 0.4) is 0 Å². The molecule has 1 heterocycles. The number of anilines is 1. The second-order valence-corrected chi connectivity index (χ2v) is 5.25. The van der Waals surface area contributed by atoms with Crippen LogP contribution in [0.25, 0.3) is 0 Å². The SMILES string of the molecule is NC(=O)c1cccc(N2C(=O)NC(=O)C3(CCC3)C2=O)c1. The van der Waals surface area contributed by atoms with Gasteiger partial charge in [0.2, 0.25) is 11.8 Å². The van der Waals surface area contributed by atoms with Gasteiger partial charge in [-0.2, -0.15) is 0 Å². The zero-order chi connectivity index (χ0) is 15.2. The van der Waals surface area contributed by atoms with Gasteiger partial charge in [-0.05, 0) is 31.0 Å². The zero-order valence-electron chi connectivity index (χ0n) is 11.1. The number of rotatable bonds is 2. The first-order valence-electron chi connectivity index (χ1n) is 6.55. The minimum absolute atomic E-state index is 0.188. The molecule has 1 aliphatic carbocycles. The normalized spacial score (nSPS) is 20.2. The number of nitrogens with one attached hydrogen (secondary N) is 1. The van der Waals surface area contributed by atoms with Gasteiger partial charge >= 0.3 is 6.03 Å². The smallest absolute Gasteiger partial charge is 0.335 e. The fourth-order valence-electron chi connectivity index (χ4n) is 2.68. The van der Waals surface area contributed by atoms with E-state index in [1.165, 1.54) is 24.3 Å². The molecule has 1 aromatic carbocycles. The van der Waals surface area contributed by atoms with Gasteiger partial charge in [0.05, 0.1) is 5.69 Å². The highest BCUT2D eigenvalue weighted by molar-refractivity contribution is 6.30. The fraction of sp³-hybridized carbons (Fsp3) is 0.286. The van der Waals surface area contributed by atoms with Crippen molar-refractivity contribution in [1.82, 2.24) is 5.32 Å². The maximum Gasteiger partial charge on any atom is 0.335 e. The Kier molecular flexibility index (Phi) is 2.79. The molecule has 2 fully saturated rings. The Morgan fingerprint density at radius 1 is 1.24 bits per heavy atom. The van der Waals surface area contributed by atoms with Crippen LogP contribution in [0.5, 0.6) is 0 Å². The largest absolute Gasteiger partial charge is 0.366 e. The van der Waals surface area contributed by atoms with Crippen LogP contribution >= 0.6 is 0 Å². The average molecular weight is 287 g/mol. The summed E-state index contributed by atoms with van der Waals surface area (Å²) in [7, 11) is 0. The number of primary amides is 1. The molecule has 1 aliphatic heterocycles. The van der Waals surface area contributed by atoms with Crippen LogP contribution in [-0.2, 0) is 9.59 Å². The number of hydrogen-bond acceptors (Lipinski definition) is 4. The molecule has 0 radical (unpaired) electrons. The highest BCUT2D eigenvalue weighted by Crippen LogP contribution is 2.45. The van der Waals surface area contributed by atoms with Crippen LogP contribution in [0.1, 0.15) is 29.6 Å². The van der Waals surface area contributed by atoms with Crippen LogP contribution < -0.4 is 16.0 Å². The van der Waals surface area contributed by atoms with E-state index < -0.39 is 29.2 Å². The minimum Gasteiger partial charge on any atom is -0.366 e. The third-order valence-electron chi connectivity index (χ3n) is 4.07. The first-order chi connectivity index (χ1) is 9.95. The lowest BCUT2D eigenvalue weighted by molar-refractivity contribution is -0.148. The number of hydrogen-bond donors (Lipinski definition) is 2. The topological polar surface area (TPSA) is 110 Å². The lowest BCUT2D eigenvalue weighted by Crippen LogP contribution is -2.66. The van der Waals surface area contributed by atoms with Gasteiger partial charge in [-0.25, -0.2) is 9.69 Å². The molecule has 3 rings (SSSR count). The van der Waals surface area contributed by atoms with Crippen molar-refractivity contribution in [3.05, 3.63) is 29.8 Å². The van der Waals surface area contributed by atoms with Crippen LogP contribution in [0.15, 0.2) is 24.3 Å². The highest BCUT2D eigenvalue weighted by atomic mass is 16.2. The number of carbonyl (C=O) groups excluding carboxylic acids is 4. The summed E-state index contributed by atoms with van der Waals surface area (Å²) >= 11 is 0. The summed E-state index contributed by atoms with van der Waals surface area (Å²) in [5.74, 6) is -1.73. The van der Waals surface area contributed by atoms with Crippen molar-refractivity contribution in [2.45, 2.75) is 19.3 Å². The summed E-state index contributed by atoms with van der Waals surface area (Å²) in [6.07, 6.45) is 1.62. The number of nitrogens with zero attached hydrogens (tertiary/aromatic N) is 1. The molecule has 7 nitrogen and oxygen atoms in total. The Hall–Kier alpha value is -2.70. The minimum atomic E-state index is -1.14. The van der Waals surface area contributed by atoms with Crippen molar-refractivity contribution in [2.75, 3.05) is 4.90 Å². The average Bonchev–Trinajstić information content (AvgIpc) is 2.36. The number of barbiturate groups is 1. The molecule has 0 unspecified atom stereocenters. The second-order valence-electron chi connectivity index (χ2n) is 5.25. The van der Waals surface area contributed by atoms with Crippen molar-refractivity contribution in [2.24, 2.45) is 11.1 Å². The van der Waals surface area contributed by atoms with Crippen molar-refractivity contribution < 1.29 is 19.2 Å². The van der Waals surface area contributed by atoms with Crippen molar-refractivity contribution in [1.29, 1.82) is 0 Å². The van der Waals surface area contributed by atoms with E-state index in [2.05, 4.69) is 5.32 Å². The number of carbonyl (C=O) groups is 4. The lowest BCUT2D eigenvalue weighted by atomic mass is 9.66. The zero-order valence-corrected chi connectivity index (χ0v) is 11.1. The van der Waals surface area contributed by atoms with Gasteiger partial charge in [0, 0.05) is 5.56 Å². The number of amides is 5. The first-order valence-corrected chi connectivity index (χ1v) is 6.55. The molecule has 0 bridgehead atoms. The molecule has 1 spiro atoms. The maximum absolute atomic E-state index is 12.6. The second kappa shape index (κ2) is 4.41. The number of nitrogens with two attached hydrogens (primary N) is 1. The van der Waals surface area contributed by atoms with Crippen molar-refractivity contribution in [3.63, 3.8) is 0 Å². The molecule has 7 heteroatoms. The summed E-state index contributed by atoms with van der Waals surface area (Å²) in [5, 5.41) is 2.21. The first kappa shape index (κ1) is 13.3. The predicted molar refractivity (Wildman–Crippen MR) is 72.3 cm³/mol. The van der Waals surface area contributed by atoms with Gasteiger partial charge in [-0.1, -0.05) is 12.5 Å². The standard InChI is InChI=1S/C14H13N3O4/c15-10(18)8-3-1-4-9(7-8)17-12(20)14(5-2-6-14)11(19)16-13(17)21/h1,3-4,7H,2,5-6H2,(H2,15,18)(H,16,19,21). The Balaban J connectivity index is 2.02. The van der Waals surface area contributed by atoms with Crippen LogP contribution in [-0.4, -0.2) is 23.8 Å². The quantitative estimate of drug-likeness (QED) is 0.773. The van der Waals surface area contributed by atoms with Gasteiger partial charge in [0.15, 0.2) is 0 Å². The van der Waals surface area contributed by atoms with E-state index in [0.29, 0.717) is 12.8 Å². The third kappa shape index (κ3) is 1.81. The Bertz CT molecular complexity index is 679. The van der Waals surface area contributed by atoms with E-state index in [9.17, 15) is 19.2 Å². The van der Waals surface area contributed by atoms with E-state index in [1.54, 1.807) is 0 Å². The van der Waals surface area contributed by atoms with Gasteiger partial charge in [-0.3, -0.25) is 19.7 Å². The molecular weight excluding hydrogens is 274 g/mol. The molecule has 1 saturated heterocycles. The molecule has 1 aromatic rings. The van der Waals surface area contributed by atoms with E-state index >= 15 is 0 Å². The summed E-state index contributed by atoms with van der Waals surface area (Å²) in [5.41, 5.74) is 4.47. The van der Waals surface area contributed by atoms with Crippen LogP contribution in [0.2, 0.25) is 0 Å². The molecule has 3 N–H and O–H groups in total. The fourth-order valence-corrected chi connectivity index (χ4v) is 2.68. The number of urea groups is 1. The number of imide groups is 2. The molecular formula is C14H13N3O4. The maximum atomic E-state index is 12.6. The molecule has 0 atom stereocenters. The Morgan fingerprint density at radius 3 is 2.52 bits per heavy atom. The summed E-state index contributed by atoms with van der Waals surface area (Å²) in [6.45, 7) is 0. The molecule has 5 amide bonds. The summed E-state index contributed by atoms with van der Waals surface area (Å²) in [4.78, 5) is 48.6. The monoisotopic (exact) mass is 287 g/mol. The Morgan fingerprint density at radius 2 is 1.95 bits per heavy atom. The Labute approximate surface area is 120 Å². The van der Waals surface area contributed by atoms with Gasteiger partial charge in [0.25, 0.3) is 5.91 Å². The van der Waals surface area contributed by atoms with Crippen LogP contribution in [0, 0.1) is 5.41 Å². The molecule has 2 aliphatic rings. The van der Waals surface area contributed by atoms with Crippen molar-refractivity contribution >= 4 is 29.4 Å². The van der Waals surface area contributed by atoms with Crippen molar-refractivity contribution in [3.8, 4) is 0 Å². The van der Waals surface area contributed by atoms with Crippen LogP contribution in [0.4, 0.5) is 10.5 Å². The summed E-state index contributed by atoms with van der Waals surface area (Å²) in [6, 6.07) is 5.10. The van der Waals surface area contributed by atoms with Gasteiger partial charge in [-0.15, -0.1) is 0 Å². The van der Waals surface area contributed by atoms with Gasteiger partial charge < -0.3 is 5.73 Å². The molecule has 0 aromatic heterocycles. The predicted octanol–water partition coefficient (Wildman–Crippen LogP) is 0.539. The van der Waals surface area contributed by atoms with E-state index in [4.69, 9.17) is 5.73 Å². The van der Waals surface area contributed by atoms with E-state index in [0.717, 1.165) is 11.3 Å². The third-order valence-corrected chi connectivity index (χ3v) is 4.07. The van der Waals surface area contributed by atoms with E-state index in [1.807, 2.05) is 0 Å². The lowest BCUT2D eigenvalue weighted by Gasteiger charge is -2.44. The van der Waals surface area contributed by atoms with E-state index in [-0.39, 0.29) is 11.3 Å². The van der Waals surface area contributed by atoms with Gasteiger partial charge in [0.1, 0.15) is 5.41 Å². The highest BCUT2D eigenvalue weighted by Gasteiger charge is 2.57.